The Morgan fingerprint density at radius 1 is 1.25 bits per heavy atom. The Morgan fingerprint density at radius 3 is 2.44 bits per heavy atom. The van der Waals surface area contributed by atoms with Gasteiger partial charge in [0.2, 0.25) is 0 Å². The summed E-state index contributed by atoms with van der Waals surface area (Å²) >= 11 is 0. The number of sulfone groups is 1. The molecule has 0 unspecified atom stereocenters. The van der Waals surface area contributed by atoms with E-state index < -0.39 is 15.7 Å². The Morgan fingerprint density at radius 2 is 1.88 bits per heavy atom. The van der Waals surface area contributed by atoms with E-state index in [2.05, 4.69) is 0 Å². The fourth-order valence-corrected chi connectivity index (χ4v) is 2.91. The zero-order valence-corrected chi connectivity index (χ0v) is 10.4. The lowest BCUT2D eigenvalue weighted by Crippen LogP contribution is -2.09. The first kappa shape index (κ1) is 13.2. The molecule has 90 valence electrons. The van der Waals surface area contributed by atoms with E-state index in [1.54, 1.807) is 6.07 Å². The minimum absolute atomic E-state index is 0.0200. The lowest BCUT2D eigenvalue weighted by molar-refractivity contribution is 0.549. The summed E-state index contributed by atoms with van der Waals surface area (Å²) in [5.41, 5.74) is 0. The summed E-state index contributed by atoms with van der Waals surface area (Å²) in [6.45, 7) is 4.07. The molecule has 1 aromatic rings. The maximum absolute atomic E-state index is 13.3. The van der Waals surface area contributed by atoms with Crippen LogP contribution in [0.15, 0.2) is 29.2 Å². The van der Waals surface area contributed by atoms with Crippen molar-refractivity contribution in [2.75, 3.05) is 5.75 Å². The molecular weight excluding hydrogens is 227 g/mol. The molecule has 0 amide bonds. The molecule has 0 radical (unpaired) electrons. The lowest BCUT2D eigenvalue weighted by Gasteiger charge is -2.06. The van der Waals surface area contributed by atoms with E-state index in [0.29, 0.717) is 12.3 Å². The van der Waals surface area contributed by atoms with Gasteiger partial charge in [0, 0.05) is 0 Å². The molecule has 16 heavy (non-hydrogen) atoms. The van der Waals surface area contributed by atoms with Gasteiger partial charge in [0.1, 0.15) is 10.7 Å². The highest BCUT2D eigenvalue weighted by atomic mass is 32.2. The molecule has 0 aliphatic carbocycles. The summed E-state index contributed by atoms with van der Waals surface area (Å²) in [5, 5.41) is 0. The largest absolute Gasteiger partial charge is 0.224 e. The van der Waals surface area contributed by atoms with E-state index in [4.69, 9.17) is 0 Å². The van der Waals surface area contributed by atoms with Crippen LogP contribution in [0.3, 0.4) is 0 Å². The normalized spacial score (nSPS) is 12.0. The molecule has 0 N–H and O–H groups in total. The molecule has 1 aromatic carbocycles. The quantitative estimate of drug-likeness (QED) is 0.797. The molecule has 0 spiro atoms. The van der Waals surface area contributed by atoms with E-state index in [1.807, 2.05) is 13.8 Å². The van der Waals surface area contributed by atoms with Crippen LogP contribution in [0.5, 0.6) is 0 Å². The molecule has 0 saturated heterocycles. The van der Waals surface area contributed by atoms with Crippen LogP contribution in [0.25, 0.3) is 0 Å². The predicted octanol–water partition coefficient (Wildman–Crippen LogP) is 3.04. The second-order valence-electron chi connectivity index (χ2n) is 4.29. The first-order valence-electron chi connectivity index (χ1n) is 5.41. The smallest absolute Gasteiger partial charge is 0.181 e. The molecule has 0 fully saturated rings. The zero-order valence-electron chi connectivity index (χ0n) is 9.61. The van der Waals surface area contributed by atoms with Crippen molar-refractivity contribution in [1.82, 2.24) is 0 Å². The van der Waals surface area contributed by atoms with Gasteiger partial charge < -0.3 is 0 Å². The summed E-state index contributed by atoms with van der Waals surface area (Å²) < 4.78 is 36.9. The molecule has 4 heteroatoms. The van der Waals surface area contributed by atoms with Crippen molar-refractivity contribution in [3.8, 4) is 0 Å². The third-order valence-corrected chi connectivity index (χ3v) is 4.19. The number of hydrogen-bond acceptors (Lipinski definition) is 2. The lowest BCUT2D eigenvalue weighted by atomic mass is 10.1. The van der Waals surface area contributed by atoms with Gasteiger partial charge in [-0.3, -0.25) is 0 Å². The summed E-state index contributed by atoms with van der Waals surface area (Å²) in [5.74, 6) is -0.172. The minimum atomic E-state index is -3.46. The van der Waals surface area contributed by atoms with Crippen LogP contribution in [0.4, 0.5) is 4.39 Å². The first-order valence-corrected chi connectivity index (χ1v) is 7.06. The van der Waals surface area contributed by atoms with Gasteiger partial charge in [-0.05, 0) is 30.9 Å². The third-order valence-electron chi connectivity index (χ3n) is 2.37. The van der Waals surface area contributed by atoms with Crippen LogP contribution < -0.4 is 0 Å². The van der Waals surface area contributed by atoms with Crippen LogP contribution >= 0.6 is 0 Å². The fourth-order valence-electron chi connectivity index (χ4n) is 1.49. The minimum Gasteiger partial charge on any atom is -0.224 e. The van der Waals surface area contributed by atoms with Crippen molar-refractivity contribution in [1.29, 1.82) is 0 Å². The molecule has 0 aliphatic heterocycles. The number of halogens is 1. The summed E-state index contributed by atoms with van der Waals surface area (Å²) in [4.78, 5) is -0.182. The van der Waals surface area contributed by atoms with E-state index in [-0.39, 0.29) is 10.6 Å². The zero-order chi connectivity index (χ0) is 12.2. The van der Waals surface area contributed by atoms with Gasteiger partial charge >= 0.3 is 0 Å². The monoisotopic (exact) mass is 244 g/mol. The van der Waals surface area contributed by atoms with Gasteiger partial charge in [-0.25, -0.2) is 12.8 Å². The van der Waals surface area contributed by atoms with Crippen molar-refractivity contribution < 1.29 is 12.8 Å². The average Bonchev–Trinajstić information content (AvgIpc) is 2.17. The van der Waals surface area contributed by atoms with Gasteiger partial charge in [-0.2, -0.15) is 0 Å². The van der Waals surface area contributed by atoms with Crippen LogP contribution in [-0.4, -0.2) is 14.2 Å². The van der Waals surface area contributed by atoms with Crippen LogP contribution in [0, 0.1) is 11.7 Å². The van der Waals surface area contributed by atoms with Crippen molar-refractivity contribution in [3.63, 3.8) is 0 Å². The Kier molecular flexibility index (Phi) is 4.47. The SMILES string of the molecule is CC(C)CCCS(=O)(=O)c1ccccc1F. The molecule has 0 heterocycles. The van der Waals surface area contributed by atoms with Crippen LogP contribution in [-0.2, 0) is 9.84 Å². The highest BCUT2D eigenvalue weighted by Gasteiger charge is 2.18. The van der Waals surface area contributed by atoms with Gasteiger partial charge in [0.05, 0.1) is 5.75 Å². The second kappa shape index (κ2) is 5.43. The second-order valence-corrected chi connectivity index (χ2v) is 6.36. The van der Waals surface area contributed by atoms with Crippen molar-refractivity contribution in [3.05, 3.63) is 30.1 Å². The molecule has 1 rings (SSSR count). The number of benzene rings is 1. The predicted molar refractivity (Wildman–Crippen MR) is 62.5 cm³/mol. The maximum Gasteiger partial charge on any atom is 0.181 e. The topological polar surface area (TPSA) is 34.1 Å². The van der Waals surface area contributed by atoms with Crippen molar-refractivity contribution in [2.24, 2.45) is 5.92 Å². The maximum atomic E-state index is 13.3. The molecular formula is C12H17FO2S. The molecule has 0 aromatic heterocycles. The highest BCUT2D eigenvalue weighted by Crippen LogP contribution is 2.17. The third kappa shape index (κ3) is 3.59. The Balaban J connectivity index is 2.75. The summed E-state index contributed by atoms with van der Waals surface area (Å²) in [7, 11) is -3.46. The van der Waals surface area contributed by atoms with E-state index >= 15 is 0 Å². The van der Waals surface area contributed by atoms with Crippen molar-refractivity contribution in [2.45, 2.75) is 31.6 Å². The Hall–Kier alpha value is -0.900. The first-order chi connectivity index (χ1) is 7.43. The number of rotatable bonds is 5. The Labute approximate surface area is 96.4 Å². The summed E-state index contributed by atoms with van der Waals surface area (Å²) in [6, 6.07) is 5.52. The fraction of sp³-hybridized carbons (Fsp3) is 0.500. The van der Waals surface area contributed by atoms with E-state index in [0.717, 1.165) is 6.42 Å². The standard InChI is InChI=1S/C12H17FO2S/c1-10(2)6-5-9-16(14,15)12-8-4-3-7-11(12)13/h3-4,7-8,10H,5-6,9H2,1-2H3. The molecule has 0 atom stereocenters. The Bertz CT molecular complexity index is 438. The molecule has 0 aliphatic rings. The highest BCUT2D eigenvalue weighted by molar-refractivity contribution is 7.91. The molecule has 0 bridgehead atoms. The van der Waals surface area contributed by atoms with E-state index in [9.17, 15) is 12.8 Å². The molecule has 0 saturated carbocycles. The molecule has 2 nitrogen and oxygen atoms in total. The van der Waals surface area contributed by atoms with Gasteiger partial charge in [-0.1, -0.05) is 26.0 Å². The summed E-state index contributed by atoms with van der Waals surface area (Å²) in [6.07, 6.45) is 1.42. The number of hydrogen-bond donors (Lipinski definition) is 0. The average molecular weight is 244 g/mol. The van der Waals surface area contributed by atoms with Gasteiger partial charge in [0.15, 0.2) is 9.84 Å². The van der Waals surface area contributed by atoms with Gasteiger partial charge in [-0.15, -0.1) is 0 Å². The van der Waals surface area contributed by atoms with Crippen LogP contribution in [0.2, 0.25) is 0 Å². The van der Waals surface area contributed by atoms with Crippen molar-refractivity contribution >= 4 is 9.84 Å². The van der Waals surface area contributed by atoms with E-state index in [1.165, 1.54) is 18.2 Å². The van der Waals surface area contributed by atoms with Crippen LogP contribution in [0.1, 0.15) is 26.7 Å². The van der Waals surface area contributed by atoms with Gasteiger partial charge in [0.25, 0.3) is 0 Å².